The predicted octanol–water partition coefficient (Wildman–Crippen LogP) is 1.65. The van der Waals surface area contributed by atoms with Gasteiger partial charge in [0.05, 0.1) is 6.04 Å². The maximum atomic E-state index is 10.1. The van der Waals surface area contributed by atoms with Gasteiger partial charge in [0.25, 0.3) is 0 Å². The van der Waals surface area contributed by atoms with Crippen molar-refractivity contribution in [3.05, 3.63) is 12.7 Å². The van der Waals surface area contributed by atoms with Crippen LogP contribution >= 0.6 is 0 Å². The average Bonchev–Trinajstić information content (AvgIpc) is 2.04. The Morgan fingerprint density at radius 3 is 2.64 bits per heavy atom. The smallest absolute Gasteiger partial charge is 0.136 e. The number of allylic oxidation sites excluding steroid dienone is 1. The van der Waals surface area contributed by atoms with Gasteiger partial charge in [0.15, 0.2) is 0 Å². The second kappa shape index (κ2) is 7.48. The molecule has 0 bridgehead atoms. The summed E-state index contributed by atoms with van der Waals surface area (Å²) in [7, 11) is 0. The van der Waals surface area contributed by atoms with Gasteiger partial charge in [0.2, 0.25) is 0 Å². The van der Waals surface area contributed by atoms with Gasteiger partial charge in [-0.05, 0) is 19.3 Å². The molecule has 0 aromatic carbocycles. The van der Waals surface area contributed by atoms with E-state index in [9.17, 15) is 4.79 Å². The quantitative estimate of drug-likeness (QED) is 0.345. The van der Waals surface area contributed by atoms with E-state index in [1.807, 2.05) is 6.08 Å². The number of aldehydes is 1. The Balaban J connectivity index is 3.01. The van der Waals surface area contributed by atoms with E-state index in [-0.39, 0.29) is 6.04 Å². The van der Waals surface area contributed by atoms with E-state index in [1.165, 1.54) is 0 Å². The van der Waals surface area contributed by atoms with Gasteiger partial charge in [-0.1, -0.05) is 18.9 Å². The molecule has 0 aliphatic rings. The minimum atomic E-state index is -0.251. The van der Waals surface area contributed by atoms with Crippen molar-refractivity contribution in [1.82, 2.24) is 0 Å². The SMILES string of the molecule is C=CCCCCC[C@H](N)C=O. The summed E-state index contributed by atoms with van der Waals surface area (Å²) in [6.45, 7) is 3.63. The largest absolute Gasteiger partial charge is 0.322 e. The van der Waals surface area contributed by atoms with Crippen LogP contribution in [0.25, 0.3) is 0 Å². The molecular weight excluding hydrogens is 138 g/mol. The first-order valence-electron chi connectivity index (χ1n) is 4.13. The van der Waals surface area contributed by atoms with Crippen LogP contribution in [-0.4, -0.2) is 12.3 Å². The highest BCUT2D eigenvalue weighted by atomic mass is 16.1. The lowest BCUT2D eigenvalue weighted by molar-refractivity contribution is -0.109. The number of carbonyl (C=O) groups excluding carboxylic acids is 1. The van der Waals surface area contributed by atoms with Crippen molar-refractivity contribution in [2.75, 3.05) is 0 Å². The van der Waals surface area contributed by atoms with Crippen LogP contribution in [0.2, 0.25) is 0 Å². The van der Waals surface area contributed by atoms with E-state index < -0.39 is 0 Å². The summed E-state index contributed by atoms with van der Waals surface area (Å²) in [5.41, 5.74) is 5.40. The summed E-state index contributed by atoms with van der Waals surface area (Å²) < 4.78 is 0. The highest BCUT2D eigenvalue weighted by Gasteiger charge is 1.97. The summed E-state index contributed by atoms with van der Waals surface area (Å²) in [5, 5.41) is 0. The third-order valence-electron chi connectivity index (χ3n) is 1.62. The van der Waals surface area contributed by atoms with Gasteiger partial charge in [0.1, 0.15) is 6.29 Å². The number of rotatable bonds is 7. The molecule has 0 amide bonds. The third kappa shape index (κ3) is 7.26. The molecule has 0 fully saturated rings. The van der Waals surface area contributed by atoms with Crippen LogP contribution in [-0.2, 0) is 4.79 Å². The molecule has 2 nitrogen and oxygen atoms in total. The van der Waals surface area contributed by atoms with Gasteiger partial charge in [-0.2, -0.15) is 0 Å². The van der Waals surface area contributed by atoms with E-state index in [1.54, 1.807) is 0 Å². The van der Waals surface area contributed by atoms with E-state index in [4.69, 9.17) is 5.73 Å². The van der Waals surface area contributed by atoms with E-state index in [0.717, 1.165) is 38.4 Å². The Hall–Kier alpha value is -0.630. The highest BCUT2D eigenvalue weighted by Crippen LogP contribution is 2.03. The highest BCUT2D eigenvalue weighted by molar-refractivity contribution is 5.56. The standard InChI is InChI=1S/C9H17NO/c1-2-3-4-5-6-7-9(10)8-11/h2,8-9H,1,3-7,10H2/t9-/m0/s1. The predicted molar refractivity (Wildman–Crippen MR) is 47.3 cm³/mol. The molecule has 0 rings (SSSR count). The summed E-state index contributed by atoms with van der Waals surface area (Å²) >= 11 is 0. The molecule has 0 aliphatic heterocycles. The Morgan fingerprint density at radius 2 is 2.09 bits per heavy atom. The number of unbranched alkanes of at least 4 members (excludes halogenated alkanes) is 3. The maximum absolute atomic E-state index is 10.1. The molecule has 0 aromatic rings. The van der Waals surface area contributed by atoms with Crippen molar-refractivity contribution < 1.29 is 4.79 Å². The normalized spacial score (nSPS) is 12.5. The zero-order valence-corrected chi connectivity index (χ0v) is 6.96. The Morgan fingerprint density at radius 1 is 1.36 bits per heavy atom. The van der Waals surface area contributed by atoms with Crippen molar-refractivity contribution in [2.45, 2.75) is 38.1 Å². The third-order valence-corrected chi connectivity index (χ3v) is 1.62. The molecule has 1 atom stereocenters. The first-order valence-corrected chi connectivity index (χ1v) is 4.13. The van der Waals surface area contributed by atoms with Gasteiger partial charge in [0, 0.05) is 0 Å². The van der Waals surface area contributed by atoms with Crippen molar-refractivity contribution in [1.29, 1.82) is 0 Å². The van der Waals surface area contributed by atoms with E-state index >= 15 is 0 Å². The van der Waals surface area contributed by atoms with E-state index in [0.29, 0.717) is 0 Å². The summed E-state index contributed by atoms with van der Waals surface area (Å²) in [6.07, 6.45) is 7.97. The zero-order valence-electron chi connectivity index (χ0n) is 6.96. The lowest BCUT2D eigenvalue weighted by Gasteiger charge is -2.01. The number of nitrogens with two attached hydrogens (primary N) is 1. The van der Waals surface area contributed by atoms with Gasteiger partial charge < -0.3 is 10.5 Å². The molecule has 0 saturated carbocycles. The summed E-state index contributed by atoms with van der Waals surface area (Å²) in [5.74, 6) is 0. The van der Waals surface area contributed by atoms with Crippen LogP contribution in [0.1, 0.15) is 32.1 Å². The number of carbonyl (C=O) groups is 1. The van der Waals surface area contributed by atoms with Crippen LogP contribution in [0, 0.1) is 0 Å². The van der Waals surface area contributed by atoms with Gasteiger partial charge in [-0.3, -0.25) is 0 Å². The molecule has 0 saturated heterocycles. The molecule has 11 heavy (non-hydrogen) atoms. The van der Waals surface area contributed by atoms with Crippen molar-refractivity contribution in [2.24, 2.45) is 5.73 Å². The van der Waals surface area contributed by atoms with Crippen LogP contribution in [0.15, 0.2) is 12.7 Å². The summed E-state index contributed by atoms with van der Waals surface area (Å²) in [4.78, 5) is 10.1. The molecule has 2 N–H and O–H groups in total. The molecule has 64 valence electrons. The molecule has 0 aromatic heterocycles. The maximum Gasteiger partial charge on any atom is 0.136 e. The minimum absolute atomic E-state index is 0.251. The monoisotopic (exact) mass is 155 g/mol. The first-order chi connectivity index (χ1) is 5.31. The Bertz CT molecular complexity index is 112. The van der Waals surface area contributed by atoms with Crippen molar-refractivity contribution >= 4 is 6.29 Å². The molecule has 2 heteroatoms. The Kier molecular flexibility index (Phi) is 7.05. The van der Waals surface area contributed by atoms with Crippen LogP contribution in [0.5, 0.6) is 0 Å². The lowest BCUT2D eigenvalue weighted by atomic mass is 10.1. The second-order valence-corrected chi connectivity index (χ2v) is 2.73. The Labute approximate surface area is 68.5 Å². The van der Waals surface area contributed by atoms with Crippen LogP contribution < -0.4 is 5.73 Å². The van der Waals surface area contributed by atoms with Crippen molar-refractivity contribution in [3.63, 3.8) is 0 Å². The first kappa shape index (κ1) is 10.4. The van der Waals surface area contributed by atoms with Gasteiger partial charge >= 0.3 is 0 Å². The molecular formula is C9H17NO. The van der Waals surface area contributed by atoms with E-state index in [2.05, 4.69) is 6.58 Å². The van der Waals surface area contributed by atoms with Gasteiger partial charge in [-0.25, -0.2) is 0 Å². The lowest BCUT2D eigenvalue weighted by Crippen LogP contribution is -2.20. The molecule has 0 unspecified atom stereocenters. The average molecular weight is 155 g/mol. The van der Waals surface area contributed by atoms with Gasteiger partial charge in [-0.15, -0.1) is 6.58 Å². The van der Waals surface area contributed by atoms with Crippen LogP contribution in [0.4, 0.5) is 0 Å². The number of hydrogen-bond donors (Lipinski definition) is 1. The number of hydrogen-bond acceptors (Lipinski definition) is 2. The fourth-order valence-corrected chi connectivity index (χ4v) is 0.914. The minimum Gasteiger partial charge on any atom is -0.322 e. The molecule has 0 heterocycles. The fraction of sp³-hybridized carbons (Fsp3) is 0.667. The second-order valence-electron chi connectivity index (χ2n) is 2.73. The molecule has 0 aliphatic carbocycles. The zero-order chi connectivity index (χ0) is 8.53. The topological polar surface area (TPSA) is 43.1 Å². The fourth-order valence-electron chi connectivity index (χ4n) is 0.914. The van der Waals surface area contributed by atoms with Crippen molar-refractivity contribution in [3.8, 4) is 0 Å². The molecule has 0 spiro atoms. The van der Waals surface area contributed by atoms with Crippen LogP contribution in [0.3, 0.4) is 0 Å². The summed E-state index contributed by atoms with van der Waals surface area (Å²) in [6, 6.07) is -0.251. The molecule has 0 radical (unpaired) electrons.